The highest BCUT2D eigenvalue weighted by Gasteiger charge is 2.38. The van der Waals surface area contributed by atoms with E-state index in [1.54, 1.807) is 23.6 Å². The van der Waals surface area contributed by atoms with Gasteiger partial charge in [0.1, 0.15) is 11.5 Å². The van der Waals surface area contributed by atoms with Crippen LogP contribution in [0, 0.1) is 13.8 Å². The van der Waals surface area contributed by atoms with Gasteiger partial charge >= 0.3 is 5.69 Å². The van der Waals surface area contributed by atoms with Crippen molar-refractivity contribution < 1.29 is 9.90 Å². The van der Waals surface area contributed by atoms with E-state index in [2.05, 4.69) is 27.1 Å². The summed E-state index contributed by atoms with van der Waals surface area (Å²) in [5, 5.41) is 11.4. The first-order chi connectivity index (χ1) is 17.6. The second kappa shape index (κ2) is 9.29. The molecule has 5 rings (SSSR count). The van der Waals surface area contributed by atoms with Gasteiger partial charge in [0.05, 0.1) is 35.5 Å². The Morgan fingerprint density at radius 2 is 1.92 bits per heavy atom. The molecule has 2 N–H and O–H groups in total. The number of aromatic nitrogens is 6. The molecular weight excluding hydrogens is 474 g/mol. The largest absolute Gasteiger partial charge is 0.389 e. The van der Waals surface area contributed by atoms with Gasteiger partial charge in [-0.25, -0.2) is 14.8 Å². The number of carbonyl (C=O) groups is 1. The van der Waals surface area contributed by atoms with E-state index >= 15 is 0 Å². The van der Waals surface area contributed by atoms with Crippen LogP contribution in [0.3, 0.4) is 0 Å². The van der Waals surface area contributed by atoms with Crippen molar-refractivity contribution in [2.75, 3.05) is 7.05 Å². The molecule has 0 aliphatic heterocycles. The van der Waals surface area contributed by atoms with Gasteiger partial charge in [0.15, 0.2) is 5.52 Å². The van der Waals surface area contributed by atoms with E-state index in [0.717, 1.165) is 39.0 Å². The van der Waals surface area contributed by atoms with E-state index in [4.69, 9.17) is 0 Å². The first-order valence-electron chi connectivity index (χ1n) is 12.6. The molecule has 3 atom stereocenters. The lowest BCUT2D eigenvalue weighted by molar-refractivity contribution is -0.136. The molecule has 1 aliphatic rings. The minimum Gasteiger partial charge on any atom is -0.389 e. The number of nitrogens with zero attached hydrogens (tertiary/aromatic N) is 6. The number of aromatic amines is 1. The Kier molecular flexibility index (Phi) is 6.26. The number of hydrogen-bond donors (Lipinski definition) is 2. The Bertz CT molecular complexity index is 1630. The van der Waals surface area contributed by atoms with Crippen LogP contribution in [-0.2, 0) is 25.3 Å². The minimum atomic E-state index is -0.879. The number of likely N-dealkylation sites (N-methyl/N-ethyl adjacent to an activating group) is 1. The number of rotatable bonds is 5. The zero-order valence-electron chi connectivity index (χ0n) is 21.9. The normalized spacial score (nSPS) is 20.1. The number of hydrogen-bond acceptors (Lipinski definition) is 6. The smallest absolute Gasteiger partial charge is 0.332 e. The minimum absolute atomic E-state index is 0.0742. The maximum absolute atomic E-state index is 13.1. The number of benzene rings is 1. The molecule has 196 valence electrons. The van der Waals surface area contributed by atoms with Gasteiger partial charge in [-0.2, -0.15) is 0 Å². The number of H-pyrrole nitrogens is 1. The topological polar surface area (TPSA) is 131 Å². The third kappa shape index (κ3) is 4.16. The molecule has 0 radical (unpaired) electrons. The third-order valence-electron chi connectivity index (χ3n) is 7.75. The second-order valence-corrected chi connectivity index (χ2v) is 10.3. The van der Waals surface area contributed by atoms with Gasteiger partial charge in [-0.3, -0.25) is 18.7 Å². The summed E-state index contributed by atoms with van der Waals surface area (Å²) >= 11 is 0. The zero-order valence-corrected chi connectivity index (χ0v) is 21.9. The number of imidazole rings is 2. The molecule has 3 aromatic heterocycles. The van der Waals surface area contributed by atoms with Crippen LogP contribution >= 0.6 is 0 Å². The van der Waals surface area contributed by atoms with Crippen molar-refractivity contribution in [1.82, 2.24) is 33.6 Å². The van der Waals surface area contributed by atoms with Crippen molar-refractivity contribution in [3.05, 3.63) is 56.2 Å². The molecule has 0 saturated heterocycles. The number of aliphatic hydroxyl groups is 1. The van der Waals surface area contributed by atoms with E-state index < -0.39 is 29.4 Å². The quantitative estimate of drug-likeness (QED) is 0.421. The molecular formula is C26H33N7O4. The molecule has 4 aromatic rings. The maximum atomic E-state index is 13.1. The Morgan fingerprint density at radius 3 is 2.68 bits per heavy atom. The van der Waals surface area contributed by atoms with Crippen LogP contribution in [0.1, 0.15) is 48.7 Å². The highest BCUT2D eigenvalue weighted by Crippen LogP contribution is 2.33. The molecule has 11 nitrogen and oxygen atoms in total. The molecule has 1 amide bonds. The average molecular weight is 508 g/mol. The number of aryl methyl sites for hydroxylation is 4. The molecule has 1 saturated carbocycles. The third-order valence-corrected chi connectivity index (χ3v) is 7.75. The van der Waals surface area contributed by atoms with Crippen LogP contribution in [0.25, 0.3) is 22.2 Å². The molecule has 1 aromatic carbocycles. The van der Waals surface area contributed by atoms with Crippen LogP contribution < -0.4 is 11.2 Å². The lowest BCUT2D eigenvalue weighted by atomic mass is 9.87. The van der Waals surface area contributed by atoms with E-state index in [-0.39, 0.29) is 17.8 Å². The van der Waals surface area contributed by atoms with E-state index in [9.17, 15) is 19.5 Å². The van der Waals surface area contributed by atoms with E-state index in [0.29, 0.717) is 24.9 Å². The predicted octanol–water partition coefficient (Wildman–Crippen LogP) is 1.47. The van der Waals surface area contributed by atoms with Crippen molar-refractivity contribution in [3.63, 3.8) is 0 Å². The SMILES string of the molecule is Cc1cc(C)c2nc(CCC(=O)N(C)[C@@H]3CCC[C@@H](n4cnc5c(=O)n(C)c(=O)n(C)c54)[C@@H]3O)[nH]c2c1. The van der Waals surface area contributed by atoms with Crippen molar-refractivity contribution in [3.8, 4) is 0 Å². The van der Waals surface area contributed by atoms with Crippen LogP contribution in [0.15, 0.2) is 28.0 Å². The molecule has 0 unspecified atom stereocenters. The highest BCUT2D eigenvalue weighted by molar-refractivity contribution is 5.80. The average Bonchev–Trinajstić information content (AvgIpc) is 3.49. The first kappa shape index (κ1) is 24.9. The summed E-state index contributed by atoms with van der Waals surface area (Å²) in [7, 11) is 4.73. The van der Waals surface area contributed by atoms with Crippen LogP contribution in [-0.4, -0.2) is 63.8 Å². The molecule has 3 heterocycles. The van der Waals surface area contributed by atoms with Crippen LogP contribution in [0.2, 0.25) is 0 Å². The number of amides is 1. The summed E-state index contributed by atoms with van der Waals surface area (Å²) in [6, 6.07) is 3.33. The Labute approximate surface area is 213 Å². The van der Waals surface area contributed by atoms with Gasteiger partial charge in [-0.05, 0) is 50.3 Å². The summed E-state index contributed by atoms with van der Waals surface area (Å²) < 4.78 is 4.12. The van der Waals surface area contributed by atoms with Gasteiger partial charge in [-0.1, -0.05) is 6.07 Å². The molecule has 1 fully saturated rings. The summed E-state index contributed by atoms with van der Waals surface area (Å²) in [6.07, 6.45) is 3.46. The second-order valence-electron chi connectivity index (χ2n) is 10.3. The Hall–Kier alpha value is -3.73. The van der Waals surface area contributed by atoms with Crippen molar-refractivity contribution >= 4 is 28.1 Å². The monoisotopic (exact) mass is 507 g/mol. The number of aliphatic hydroxyl groups excluding tert-OH is 1. The number of carbonyl (C=O) groups excluding carboxylic acids is 1. The van der Waals surface area contributed by atoms with Gasteiger partial charge in [-0.15, -0.1) is 0 Å². The lowest BCUT2D eigenvalue weighted by Gasteiger charge is -2.40. The van der Waals surface area contributed by atoms with Gasteiger partial charge in [0, 0.05) is 34.0 Å². The Morgan fingerprint density at radius 1 is 1.16 bits per heavy atom. The molecule has 11 heteroatoms. The van der Waals surface area contributed by atoms with Crippen molar-refractivity contribution in [2.24, 2.45) is 14.1 Å². The van der Waals surface area contributed by atoms with E-state index in [1.165, 1.54) is 17.9 Å². The van der Waals surface area contributed by atoms with Crippen LogP contribution in [0.4, 0.5) is 0 Å². The zero-order chi connectivity index (χ0) is 26.6. The lowest BCUT2D eigenvalue weighted by Crippen LogP contribution is -2.50. The fourth-order valence-electron chi connectivity index (χ4n) is 5.73. The highest BCUT2D eigenvalue weighted by atomic mass is 16.3. The number of nitrogens with one attached hydrogen (secondary N) is 1. The maximum Gasteiger partial charge on any atom is 0.332 e. The summed E-state index contributed by atoms with van der Waals surface area (Å²) in [5.41, 5.74) is 3.77. The molecule has 0 bridgehead atoms. The predicted molar refractivity (Wildman–Crippen MR) is 140 cm³/mol. The van der Waals surface area contributed by atoms with Gasteiger partial charge in [0.2, 0.25) is 5.91 Å². The Balaban J connectivity index is 1.34. The first-order valence-corrected chi connectivity index (χ1v) is 12.6. The molecule has 1 aliphatic carbocycles. The number of fused-ring (bicyclic) bond motifs is 2. The van der Waals surface area contributed by atoms with E-state index in [1.807, 2.05) is 13.8 Å². The summed E-state index contributed by atoms with van der Waals surface area (Å²) in [4.78, 5) is 52.1. The standard InChI is InChI=1S/C26H33N7O4/c1-14-11-15(2)21-16(12-14)28-19(29-21)9-10-20(34)30(3)17-7-6-8-18(23(17)35)33-13-27-22-24(33)31(4)26(37)32(5)25(22)36/h11-13,17-18,23,35H,6-10H2,1-5H3,(H,28,29)/t17-,18-,23-/m1/s1. The fraction of sp³-hybridized carbons (Fsp3) is 0.500. The van der Waals surface area contributed by atoms with Crippen molar-refractivity contribution in [1.29, 1.82) is 0 Å². The fourth-order valence-corrected chi connectivity index (χ4v) is 5.73. The molecule has 37 heavy (non-hydrogen) atoms. The van der Waals surface area contributed by atoms with Gasteiger partial charge < -0.3 is 19.6 Å². The van der Waals surface area contributed by atoms with Crippen molar-refractivity contribution in [2.45, 2.75) is 64.1 Å². The summed E-state index contributed by atoms with van der Waals surface area (Å²) in [6.45, 7) is 4.07. The summed E-state index contributed by atoms with van der Waals surface area (Å²) in [5.74, 6) is 0.690. The van der Waals surface area contributed by atoms with Gasteiger partial charge in [0.25, 0.3) is 5.56 Å². The van der Waals surface area contributed by atoms with Crippen LogP contribution in [0.5, 0.6) is 0 Å². The molecule has 0 spiro atoms.